The number of aliphatic imine (C=N–C) groups is 1. The second-order valence-electron chi connectivity index (χ2n) is 2.03. The van der Waals surface area contributed by atoms with Crippen LogP contribution in [0.15, 0.2) is 4.99 Å². The van der Waals surface area contributed by atoms with E-state index in [0.717, 1.165) is 25.4 Å². The monoisotopic (exact) mass is 193 g/mol. The van der Waals surface area contributed by atoms with E-state index in [-0.39, 0.29) is 0 Å². The van der Waals surface area contributed by atoms with Gasteiger partial charge in [0.15, 0.2) is 0 Å². The van der Waals surface area contributed by atoms with E-state index in [4.69, 9.17) is 5.84 Å². The average molecular weight is 193 g/mol. The van der Waals surface area contributed by atoms with E-state index in [1.165, 1.54) is 0 Å². The molecule has 0 aliphatic carbocycles. The summed E-state index contributed by atoms with van der Waals surface area (Å²) in [5, 5.41) is 1.71. The van der Waals surface area contributed by atoms with Gasteiger partial charge in [-0.15, -0.1) is 0 Å². The minimum absolute atomic E-state index is 0.692. The Morgan fingerprint density at radius 3 is 2.64 bits per heavy atom. The van der Waals surface area contributed by atoms with Crippen molar-refractivity contribution in [2.45, 2.75) is 0 Å². The highest BCUT2D eigenvalue weighted by atomic mass is 32.1. The zero-order valence-corrected chi connectivity index (χ0v) is 8.27. The summed E-state index contributed by atoms with van der Waals surface area (Å²) in [6, 6.07) is 0. The van der Waals surface area contributed by atoms with E-state index in [9.17, 15) is 0 Å². The molecule has 0 aromatic carbocycles. The summed E-state index contributed by atoms with van der Waals surface area (Å²) < 4.78 is 0. The molecule has 3 nitrogen and oxygen atoms in total. The van der Waals surface area contributed by atoms with Crippen LogP contribution in [-0.2, 0) is 0 Å². The summed E-state index contributed by atoms with van der Waals surface area (Å²) in [5.41, 5.74) is 0. The fourth-order valence-corrected chi connectivity index (χ4v) is 0.948. The lowest BCUT2D eigenvalue weighted by molar-refractivity contribution is 0.311. The van der Waals surface area contributed by atoms with Crippen LogP contribution in [0.5, 0.6) is 0 Å². The fraction of sp³-hybridized carbons (Fsp3) is 0.833. The van der Waals surface area contributed by atoms with Crippen molar-refractivity contribution < 1.29 is 0 Å². The molecule has 0 amide bonds. The van der Waals surface area contributed by atoms with Gasteiger partial charge in [-0.3, -0.25) is 10.8 Å². The van der Waals surface area contributed by atoms with Crippen LogP contribution in [0.1, 0.15) is 0 Å². The summed E-state index contributed by atoms with van der Waals surface area (Å²) in [6.07, 6.45) is 1.78. The van der Waals surface area contributed by atoms with Crippen molar-refractivity contribution in [3.05, 3.63) is 0 Å². The van der Waals surface area contributed by atoms with Crippen LogP contribution in [0.3, 0.4) is 0 Å². The van der Waals surface area contributed by atoms with E-state index in [0.29, 0.717) is 5.75 Å². The van der Waals surface area contributed by atoms with Crippen molar-refractivity contribution in [3.8, 4) is 0 Å². The molecule has 11 heavy (non-hydrogen) atoms. The largest absolute Gasteiger partial charge is 0.295 e. The number of hydrogen-bond donors (Lipinski definition) is 3. The van der Waals surface area contributed by atoms with Gasteiger partial charge in [0, 0.05) is 30.8 Å². The zero-order valence-electron chi connectivity index (χ0n) is 6.48. The lowest BCUT2D eigenvalue weighted by Gasteiger charge is -2.12. The first-order chi connectivity index (χ1) is 5.31. The van der Waals surface area contributed by atoms with E-state index >= 15 is 0 Å². The van der Waals surface area contributed by atoms with Crippen LogP contribution < -0.4 is 5.84 Å². The molecule has 2 N–H and O–H groups in total. The van der Waals surface area contributed by atoms with E-state index < -0.39 is 0 Å². The van der Waals surface area contributed by atoms with Crippen molar-refractivity contribution in [2.75, 3.05) is 31.1 Å². The number of rotatable bonds is 6. The van der Waals surface area contributed by atoms with Gasteiger partial charge in [-0.05, 0) is 0 Å². The molecule has 0 saturated heterocycles. The Balaban J connectivity index is 3.16. The van der Waals surface area contributed by atoms with Gasteiger partial charge in [0.2, 0.25) is 0 Å². The molecule has 0 bridgehead atoms. The molecule has 0 unspecified atom stereocenters. The Bertz CT molecular complexity index is 108. The lowest BCUT2D eigenvalue weighted by atomic mass is 10.6. The van der Waals surface area contributed by atoms with Crippen LogP contribution in [0, 0.1) is 0 Å². The standard InChI is InChI=1S/C6H15N3S2/c7-9(4-6-11)3-1-8-2-5-10/h2,10-11H,1,3-7H2. The first-order valence-electron chi connectivity index (χ1n) is 3.51. The number of hydrogen-bond acceptors (Lipinski definition) is 5. The molecule has 66 valence electrons. The molecule has 0 fully saturated rings. The summed E-state index contributed by atoms with van der Waals surface area (Å²) in [5.74, 6) is 7.03. The molecule has 0 aliphatic rings. The Hall–Kier alpha value is 0.290. The van der Waals surface area contributed by atoms with Crippen molar-refractivity contribution in [3.63, 3.8) is 0 Å². The molecule has 0 aliphatic heterocycles. The highest BCUT2D eigenvalue weighted by Gasteiger charge is 1.93. The van der Waals surface area contributed by atoms with E-state index in [1.807, 2.05) is 0 Å². The number of hydrazine groups is 1. The SMILES string of the molecule is NN(CCS)CCN=CCS. The molecule has 0 aromatic heterocycles. The number of nitrogens with zero attached hydrogens (tertiary/aromatic N) is 2. The fourth-order valence-electron chi connectivity index (χ4n) is 0.575. The van der Waals surface area contributed by atoms with Gasteiger partial charge in [-0.1, -0.05) is 0 Å². The third-order valence-electron chi connectivity index (χ3n) is 1.11. The molecular formula is C6H15N3S2. The Morgan fingerprint density at radius 2 is 2.09 bits per heavy atom. The Morgan fingerprint density at radius 1 is 1.36 bits per heavy atom. The maximum atomic E-state index is 5.56. The molecule has 0 spiro atoms. The minimum atomic E-state index is 0.692. The third-order valence-corrected chi connectivity index (χ3v) is 1.48. The number of nitrogens with two attached hydrogens (primary N) is 1. The molecule has 0 heterocycles. The Labute approximate surface area is 78.8 Å². The van der Waals surface area contributed by atoms with E-state index in [1.54, 1.807) is 11.2 Å². The molecule has 0 atom stereocenters. The second kappa shape index (κ2) is 8.39. The van der Waals surface area contributed by atoms with Crippen LogP contribution >= 0.6 is 25.3 Å². The van der Waals surface area contributed by atoms with Crippen molar-refractivity contribution in [2.24, 2.45) is 10.8 Å². The molecule has 0 radical (unpaired) electrons. The summed E-state index contributed by atoms with van der Waals surface area (Å²) in [7, 11) is 0. The third kappa shape index (κ3) is 8.19. The van der Waals surface area contributed by atoms with Gasteiger partial charge < -0.3 is 0 Å². The van der Waals surface area contributed by atoms with Crippen LogP contribution in [-0.4, -0.2) is 42.4 Å². The number of thiol groups is 2. The highest BCUT2D eigenvalue weighted by molar-refractivity contribution is 7.81. The predicted molar refractivity (Wildman–Crippen MR) is 56.8 cm³/mol. The van der Waals surface area contributed by atoms with Gasteiger partial charge >= 0.3 is 0 Å². The molecule has 0 aromatic rings. The molecule has 0 rings (SSSR count). The smallest absolute Gasteiger partial charge is 0.0527 e. The topological polar surface area (TPSA) is 41.6 Å². The van der Waals surface area contributed by atoms with Gasteiger partial charge in [-0.2, -0.15) is 25.3 Å². The minimum Gasteiger partial charge on any atom is -0.295 e. The quantitative estimate of drug-likeness (QED) is 0.242. The van der Waals surface area contributed by atoms with Crippen LogP contribution in [0.4, 0.5) is 0 Å². The Kier molecular flexibility index (Phi) is 8.61. The van der Waals surface area contributed by atoms with Crippen LogP contribution in [0.2, 0.25) is 0 Å². The van der Waals surface area contributed by atoms with Gasteiger partial charge in [0.1, 0.15) is 0 Å². The van der Waals surface area contributed by atoms with Gasteiger partial charge in [-0.25, -0.2) is 5.01 Å². The first kappa shape index (κ1) is 11.3. The predicted octanol–water partition coefficient (Wildman–Crippen LogP) is 0.0925. The van der Waals surface area contributed by atoms with Gasteiger partial charge in [0.25, 0.3) is 0 Å². The first-order valence-corrected chi connectivity index (χ1v) is 4.77. The van der Waals surface area contributed by atoms with Crippen LogP contribution in [0.25, 0.3) is 0 Å². The average Bonchev–Trinajstić information content (AvgIpc) is 1.99. The maximum Gasteiger partial charge on any atom is 0.0527 e. The molecular weight excluding hydrogens is 178 g/mol. The summed E-state index contributed by atoms with van der Waals surface area (Å²) in [4.78, 5) is 4.06. The highest BCUT2D eigenvalue weighted by Crippen LogP contribution is 1.81. The zero-order chi connectivity index (χ0) is 8.53. The van der Waals surface area contributed by atoms with Crippen molar-refractivity contribution in [1.29, 1.82) is 0 Å². The van der Waals surface area contributed by atoms with Crippen molar-refractivity contribution in [1.82, 2.24) is 5.01 Å². The molecule has 0 saturated carbocycles. The summed E-state index contributed by atoms with van der Waals surface area (Å²) >= 11 is 8.03. The molecule has 5 heteroatoms. The van der Waals surface area contributed by atoms with Crippen molar-refractivity contribution >= 4 is 31.5 Å². The maximum absolute atomic E-state index is 5.56. The lowest BCUT2D eigenvalue weighted by Crippen LogP contribution is -2.35. The van der Waals surface area contributed by atoms with E-state index in [2.05, 4.69) is 30.2 Å². The summed E-state index contributed by atoms with van der Waals surface area (Å²) in [6.45, 7) is 2.33. The normalized spacial score (nSPS) is 11.6. The second-order valence-corrected chi connectivity index (χ2v) is 2.84. The van der Waals surface area contributed by atoms with Gasteiger partial charge in [0.05, 0.1) is 6.54 Å².